The van der Waals surface area contributed by atoms with E-state index in [1.165, 1.54) is 0 Å². The Hall–Kier alpha value is -2.66. The van der Waals surface area contributed by atoms with E-state index in [1.54, 1.807) is 9.80 Å². The molecule has 2 N–H and O–H groups in total. The van der Waals surface area contributed by atoms with Crippen molar-refractivity contribution in [2.24, 2.45) is 5.73 Å². The summed E-state index contributed by atoms with van der Waals surface area (Å²) in [7, 11) is 0. The molecule has 0 saturated carbocycles. The molecule has 1 unspecified atom stereocenters. The minimum Gasteiger partial charge on any atom is -0.340 e. The maximum Gasteiger partial charge on any atom is 0.242 e. The van der Waals surface area contributed by atoms with E-state index in [0.717, 1.165) is 23.2 Å². The number of amides is 2. The molecule has 0 bridgehead atoms. The van der Waals surface area contributed by atoms with Crippen LogP contribution in [0.2, 0.25) is 0 Å². The fourth-order valence-electron chi connectivity index (χ4n) is 3.23. The molecule has 1 aliphatic rings. The summed E-state index contributed by atoms with van der Waals surface area (Å²) in [6, 6.07) is 17.3. The molecule has 2 aromatic carbocycles. The number of anilines is 1. The van der Waals surface area contributed by atoms with E-state index < -0.39 is 0 Å². The van der Waals surface area contributed by atoms with Crippen LogP contribution < -0.4 is 10.6 Å². The number of likely N-dealkylation sites (tertiary alicyclic amines) is 1. The smallest absolute Gasteiger partial charge is 0.242 e. The Balaban J connectivity index is 1.79. The fourth-order valence-corrected chi connectivity index (χ4v) is 3.23. The topological polar surface area (TPSA) is 66.6 Å². The quantitative estimate of drug-likeness (QED) is 0.897. The summed E-state index contributed by atoms with van der Waals surface area (Å²) in [5, 5.41) is 0. The molecule has 1 fully saturated rings. The largest absolute Gasteiger partial charge is 0.340 e. The van der Waals surface area contributed by atoms with E-state index >= 15 is 0 Å². The van der Waals surface area contributed by atoms with Crippen molar-refractivity contribution in [3.05, 3.63) is 65.7 Å². The Morgan fingerprint density at radius 3 is 2.58 bits per heavy atom. The lowest BCUT2D eigenvalue weighted by atomic mass is 10.1. The van der Waals surface area contributed by atoms with Crippen LogP contribution in [0.15, 0.2) is 54.6 Å². The van der Waals surface area contributed by atoms with Gasteiger partial charge in [0.15, 0.2) is 0 Å². The highest BCUT2D eigenvalue weighted by Gasteiger charge is 2.27. The number of nitrogens with zero attached hydrogens (tertiary/aromatic N) is 2. The normalized spacial score (nSPS) is 16.5. The second kappa shape index (κ2) is 8.15. The molecule has 0 aliphatic carbocycles. The van der Waals surface area contributed by atoms with Gasteiger partial charge in [-0.3, -0.25) is 9.59 Å². The molecule has 5 nitrogen and oxygen atoms in total. The zero-order valence-corrected chi connectivity index (χ0v) is 15.1. The van der Waals surface area contributed by atoms with Crippen molar-refractivity contribution in [1.82, 2.24) is 4.90 Å². The van der Waals surface area contributed by atoms with Crippen molar-refractivity contribution in [2.75, 3.05) is 24.5 Å². The average molecular weight is 351 g/mol. The summed E-state index contributed by atoms with van der Waals surface area (Å²) >= 11 is 0. The van der Waals surface area contributed by atoms with E-state index in [1.807, 2.05) is 61.5 Å². The minimum absolute atomic E-state index is 0.0337. The molecule has 1 atom stereocenters. The molecule has 26 heavy (non-hydrogen) atoms. The van der Waals surface area contributed by atoms with Gasteiger partial charge in [0.1, 0.15) is 6.54 Å². The van der Waals surface area contributed by atoms with Gasteiger partial charge in [0.05, 0.1) is 6.42 Å². The molecule has 5 heteroatoms. The summed E-state index contributed by atoms with van der Waals surface area (Å²) < 4.78 is 0. The van der Waals surface area contributed by atoms with E-state index in [9.17, 15) is 9.59 Å². The third kappa shape index (κ3) is 4.49. The lowest BCUT2D eigenvalue weighted by Crippen LogP contribution is -2.43. The molecule has 1 saturated heterocycles. The van der Waals surface area contributed by atoms with Gasteiger partial charge >= 0.3 is 0 Å². The number of nitrogens with two attached hydrogens (primary N) is 1. The first kappa shape index (κ1) is 18.1. The molecule has 3 rings (SSSR count). The van der Waals surface area contributed by atoms with Crippen LogP contribution in [0.25, 0.3) is 0 Å². The Kier molecular flexibility index (Phi) is 5.68. The van der Waals surface area contributed by atoms with Gasteiger partial charge in [-0.05, 0) is 36.6 Å². The van der Waals surface area contributed by atoms with Crippen LogP contribution in [0, 0.1) is 6.92 Å². The predicted octanol–water partition coefficient (Wildman–Crippen LogP) is 2.13. The molecule has 2 aromatic rings. The van der Waals surface area contributed by atoms with Gasteiger partial charge in [-0.25, -0.2) is 0 Å². The lowest BCUT2D eigenvalue weighted by molar-refractivity contribution is -0.130. The minimum atomic E-state index is -0.0846. The number of rotatable bonds is 5. The molecule has 0 spiro atoms. The average Bonchev–Trinajstić information content (AvgIpc) is 3.07. The van der Waals surface area contributed by atoms with E-state index in [0.29, 0.717) is 13.1 Å². The lowest BCUT2D eigenvalue weighted by Gasteiger charge is -2.26. The predicted molar refractivity (Wildman–Crippen MR) is 103 cm³/mol. The van der Waals surface area contributed by atoms with Gasteiger partial charge in [0.2, 0.25) is 11.8 Å². The second-order valence-corrected chi connectivity index (χ2v) is 6.87. The molecule has 0 aromatic heterocycles. The van der Waals surface area contributed by atoms with E-state index in [4.69, 9.17) is 5.73 Å². The van der Waals surface area contributed by atoms with Gasteiger partial charge in [0.25, 0.3) is 0 Å². The zero-order valence-electron chi connectivity index (χ0n) is 15.1. The van der Waals surface area contributed by atoms with Crippen molar-refractivity contribution in [1.29, 1.82) is 0 Å². The van der Waals surface area contributed by atoms with E-state index in [2.05, 4.69) is 0 Å². The second-order valence-electron chi connectivity index (χ2n) is 6.87. The Morgan fingerprint density at radius 1 is 1.15 bits per heavy atom. The van der Waals surface area contributed by atoms with Crippen molar-refractivity contribution in [2.45, 2.75) is 25.8 Å². The van der Waals surface area contributed by atoms with Gasteiger partial charge < -0.3 is 15.5 Å². The van der Waals surface area contributed by atoms with Crippen LogP contribution in [0.3, 0.4) is 0 Å². The number of carbonyl (C=O) groups excluding carboxylic acids is 2. The van der Waals surface area contributed by atoms with Crippen molar-refractivity contribution >= 4 is 17.5 Å². The van der Waals surface area contributed by atoms with Crippen molar-refractivity contribution in [3.63, 3.8) is 0 Å². The van der Waals surface area contributed by atoms with Gasteiger partial charge in [0, 0.05) is 24.8 Å². The van der Waals surface area contributed by atoms with Gasteiger partial charge in [-0.1, -0.05) is 42.5 Å². The SMILES string of the molecule is Cc1cccc(N(CC(=O)N2CCC(N)C2)C(=O)Cc2ccccc2)c1. The number of aryl methyl sites for hydroxylation is 1. The van der Waals surface area contributed by atoms with Gasteiger partial charge in [-0.2, -0.15) is 0 Å². The van der Waals surface area contributed by atoms with Crippen LogP contribution in [0.4, 0.5) is 5.69 Å². The molecule has 1 heterocycles. The fraction of sp³-hybridized carbons (Fsp3) is 0.333. The third-order valence-corrected chi connectivity index (χ3v) is 4.68. The Bertz CT molecular complexity index is 776. The maximum absolute atomic E-state index is 13.0. The van der Waals surface area contributed by atoms with Crippen LogP contribution >= 0.6 is 0 Å². The first-order valence-electron chi connectivity index (χ1n) is 8.97. The van der Waals surface area contributed by atoms with Crippen molar-refractivity contribution < 1.29 is 9.59 Å². The van der Waals surface area contributed by atoms with Crippen LogP contribution in [0.5, 0.6) is 0 Å². The van der Waals surface area contributed by atoms with Crippen LogP contribution in [-0.4, -0.2) is 42.4 Å². The van der Waals surface area contributed by atoms with Crippen LogP contribution in [0.1, 0.15) is 17.5 Å². The summed E-state index contributed by atoms with van der Waals surface area (Å²) in [6.45, 7) is 3.24. The summed E-state index contributed by atoms with van der Waals surface area (Å²) in [4.78, 5) is 29.0. The van der Waals surface area contributed by atoms with Gasteiger partial charge in [-0.15, -0.1) is 0 Å². The summed E-state index contributed by atoms with van der Waals surface area (Å²) in [5.74, 6) is -0.139. The highest BCUT2D eigenvalue weighted by atomic mass is 16.2. The molecule has 136 valence electrons. The Morgan fingerprint density at radius 2 is 1.92 bits per heavy atom. The van der Waals surface area contributed by atoms with Crippen LogP contribution in [-0.2, 0) is 16.0 Å². The summed E-state index contributed by atoms with van der Waals surface area (Å²) in [6.07, 6.45) is 1.08. The first-order valence-corrected chi connectivity index (χ1v) is 8.97. The summed E-state index contributed by atoms with van der Waals surface area (Å²) in [5.41, 5.74) is 8.65. The van der Waals surface area contributed by atoms with Crippen molar-refractivity contribution in [3.8, 4) is 0 Å². The monoisotopic (exact) mass is 351 g/mol. The maximum atomic E-state index is 13.0. The molecule has 0 radical (unpaired) electrons. The number of carbonyl (C=O) groups is 2. The molecule has 1 aliphatic heterocycles. The number of hydrogen-bond donors (Lipinski definition) is 1. The Labute approximate surface area is 154 Å². The molecule has 2 amide bonds. The highest BCUT2D eigenvalue weighted by molar-refractivity contribution is 5.99. The number of hydrogen-bond acceptors (Lipinski definition) is 3. The highest BCUT2D eigenvalue weighted by Crippen LogP contribution is 2.19. The third-order valence-electron chi connectivity index (χ3n) is 4.68. The van der Waals surface area contributed by atoms with E-state index in [-0.39, 0.29) is 30.8 Å². The standard InChI is InChI=1S/C21H25N3O2/c1-16-6-5-9-19(12-16)24(15-21(26)23-11-10-18(22)14-23)20(25)13-17-7-3-2-4-8-17/h2-9,12,18H,10-11,13-15,22H2,1H3. The number of benzene rings is 2. The molecular formula is C21H25N3O2. The first-order chi connectivity index (χ1) is 12.5. The molecular weight excluding hydrogens is 326 g/mol. The zero-order chi connectivity index (χ0) is 18.5.